The summed E-state index contributed by atoms with van der Waals surface area (Å²) in [5.41, 5.74) is 0. The Morgan fingerprint density at radius 3 is 2.29 bits per heavy atom. The van der Waals surface area contributed by atoms with Gasteiger partial charge in [-0.3, -0.25) is 7.05 Å². The second kappa shape index (κ2) is 6.41. The Bertz CT molecular complexity index is 135. The lowest BCUT2D eigenvalue weighted by molar-refractivity contribution is 0.204. The number of hydrogen-bond donors (Lipinski definition) is 0. The number of hydrogen-bond acceptors (Lipinski definition) is 2. The molecular weight excluding hydrogens is 172 g/mol. The fourth-order valence-electron chi connectivity index (χ4n) is 2.18. The third-order valence-electron chi connectivity index (χ3n) is 3.46. The molecule has 0 bridgehead atoms. The summed E-state index contributed by atoms with van der Waals surface area (Å²) in [7, 11) is 3.98. The molecule has 1 saturated heterocycles. The Morgan fingerprint density at radius 2 is 1.79 bits per heavy atom. The summed E-state index contributed by atoms with van der Waals surface area (Å²) in [4.78, 5) is 4.73. The van der Waals surface area contributed by atoms with Crippen LogP contribution in [0.2, 0.25) is 0 Å². The van der Waals surface area contributed by atoms with Crippen LogP contribution < -0.4 is 0 Å². The van der Waals surface area contributed by atoms with Gasteiger partial charge in [0.05, 0.1) is 0 Å². The van der Waals surface area contributed by atoms with Crippen molar-refractivity contribution in [2.24, 2.45) is 5.92 Å². The van der Waals surface area contributed by atoms with Gasteiger partial charge in [-0.1, -0.05) is 13.8 Å². The molecule has 2 nitrogen and oxygen atoms in total. The van der Waals surface area contributed by atoms with Crippen molar-refractivity contribution in [3.05, 3.63) is 7.05 Å². The quantitative estimate of drug-likeness (QED) is 0.624. The standard InChI is InChI=1S/C12H25N2/c1-4-14(5-2)11-8-12-6-9-13(3)10-7-12/h12H,3-11H2,1-2H3/q-1. The van der Waals surface area contributed by atoms with Gasteiger partial charge in [-0.05, 0) is 57.9 Å². The van der Waals surface area contributed by atoms with Crippen LogP contribution in [0.3, 0.4) is 0 Å². The van der Waals surface area contributed by atoms with Crippen LogP contribution in [0.4, 0.5) is 0 Å². The Kier molecular flexibility index (Phi) is 5.49. The Morgan fingerprint density at radius 1 is 1.21 bits per heavy atom. The molecule has 1 fully saturated rings. The first-order chi connectivity index (χ1) is 6.76. The van der Waals surface area contributed by atoms with Crippen molar-refractivity contribution in [3.8, 4) is 0 Å². The van der Waals surface area contributed by atoms with E-state index < -0.39 is 0 Å². The predicted molar refractivity (Wildman–Crippen MR) is 62.1 cm³/mol. The van der Waals surface area contributed by atoms with Crippen molar-refractivity contribution in [1.29, 1.82) is 0 Å². The fraction of sp³-hybridized carbons (Fsp3) is 0.917. The second-order valence-electron chi connectivity index (χ2n) is 4.38. The molecule has 0 radical (unpaired) electrons. The van der Waals surface area contributed by atoms with E-state index in [2.05, 4.69) is 30.7 Å². The fourth-order valence-corrected chi connectivity index (χ4v) is 2.18. The highest BCUT2D eigenvalue weighted by molar-refractivity contribution is 4.72. The molecule has 0 spiro atoms. The number of likely N-dealkylation sites (tertiary alicyclic amines) is 1. The summed E-state index contributed by atoms with van der Waals surface area (Å²) >= 11 is 0. The van der Waals surface area contributed by atoms with E-state index in [-0.39, 0.29) is 0 Å². The summed E-state index contributed by atoms with van der Waals surface area (Å²) in [6.07, 6.45) is 4.09. The van der Waals surface area contributed by atoms with Crippen LogP contribution in [0.25, 0.3) is 0 Å². The lowest BCUT2D eigenvalue weighted by atomic mass is 9.93. The first kappa shape index (κ1) is 12.0. The minimum Gasteiger partial charge on any atom is -0.459 e. The molecule has 0 aromatic heterocycles. The van der Waals surface area contributed by atoms with Crippen LogP contribution in [0, 0.1) is 13.0 Å². The third-order valence-corrected chi connectivity index (χ3v) is 3.46. The van der Waals surface area contributed by atoms with Crippen molar-refractivity contribution >= 4 is 0 Å². The number of rotatable bonds is 5. The van der Waals surface area contributed by atoms with Crippen LogP contribution >= 0.6 is 0 Å². The van der Waals surface area contributed by atoms with Gasteiger partial charge in [0.2, 0.25) is 0 Å². The molecule has 0 saturated carbocycles. The van der Waals surface area contributed by atoms with Gasteiger partial charge in [-0.15, -0.1) is 0 Å². The Balaban J connectivity index is 2.12. The maximum atomic E-state index is 3.98. The van der Waals surface area contributed by atoms with Crippen LogP contribution in [0.5, 0.6) is 0 Å². The zero-order chi connectivity index (χ0) is 10.4. The van der Waals surface area contributed by atoms with Gasteiger partial charge < -0.3 is 9.80 Å². The van der Waals surface area contributed by atoms with E-state index in [1.54, 1.807) is 0 Å². The summed E-state index contributed by atoms with van der Waals surface area (Å²) in [6, 6.07) is 0. The van der Waals surface area contributed by atoms with Crippen LogP contribution in [0.1, 0.15) is 33.1 Å². The summed E-state index contributed by atoms with van der Waals surface area (Å²) < 4.78 is 0. The van der Waals surface area contributed by atoms with Gasteiger partial charge in [0.15, 0.2) is 0 Å². The summed E-state index contributed by atoms with van der Waals surface area (Å²) in [6.45, 7) is 10.6. The summed E-state index contributed by atoms with van der Waals surface area (Å²) in [5, 5.41) is 0. The predicted octanol–water partition coefficient (Wildman–Crippen LogP) is 2.22. The smallest absolute Gasteiger partial charge is 0.00163 e. The lowest BCUT2D eigenvalue weighted by Crippen LogP contribution is -2.31. The molecular formula is C12H25N2-. The molecule has 1 rings (SSSR count). The topological polar surface area (TPSA) is 6.48 Å². The van der Waals surface area contributed by atoms with E-state index in [4.69, 9.17) is 0 Å². The van der Waals surface area contributed by atoms with Gasteiger partial charge in [0.1, 0.15) is 0 Å². The van der Waals surface area contributed by atoms with Crippen molar-refractivity contribution in [1.82, 2.24) is 9.80 Å². The number of nitrogens with zero attached hydrogens (tertiary/aromatic N) is 2. The van der Waals surface area contributed by atoms with E-state index in [0.29, 0.717) is 0 Å². The Hall–Kier alpha value is -0.0800. The zero-order valence-corrected chi connectivity index (χ0v) is 9.84. The molecule has 0 aromatic carbocycles. The highest BCUT2D eigenvalue weighted by Gasteiger charge is 2.14. The van der Waals surface area contributed by atoms with Crippen LogP contribution in [0.15, 0.2) is 0 Å². The molecule has 0 amide bonds. The maximum absolute atomic E-state index is 3.98. The van der Waals surface area contributed by atoms with Crippen molar-refractivity contribution in [2.75, 3.05) is 32.7 Å². The molecule has 1 aliphatic rings. The third kappa shape index (κ3) is 3.97. The number of piperidine rings is 1. The highest BCUT2D eigenvalue weighted by atomic mass is 15.1. The average molecular weight is 197 g/mol. The van der Waals surface area contributed by atoms with Gasteiger partial charge >= 0.3 is 0 Å². The molecule has 0 aliphatic carbocycles. The summed E-state index contributed by atoms with van der Waals surface area (Å²) in [5.74, 6) is 0.952. The molecule has 0 unspecified atom stereocenters. The average Bonchev–Trinajstić information content (AvgIpc) is 2.22. The monoisotopic (exact) mass is 197 g/mol. The van der Waals surface area contributed by atoms with Crippen LogP contribution in [-0.2, 0) is 0 Å². The second-order valence-corrected chi connectivity index (χ2v) is 4.38. The molecule has 1 aliphatic heterocycles. The lowest BCUT2D eigenvalue weighted by Gasteiger charge is -2.35. The molecule has 1 heterocycles. The van der Waals surface area contributed by atoms with Crippen molar-refractivity contribution < 1.29 is 0 Å². The van der Waals surface area contributed by atoms with Gasteiger partial charge in [-0.2, -0.15) is 0 Å². The maximum Gasteiger partial charge on any atom is -0.00163 e. The molecule has 0 aromatic rings. The molecule has 14 heavy (non-hydrogen) atoms. The highest BCUT2D eigenvalue weighted by Crippen LogP contribution is 2.19. The minimum atomic E-state index is 0.952. The van der Waals surface area contributed by atoms with E-state index in [9.17, 15) is 0 Å². The first-order valence-corrected chi connectivity index (χ1v) is 6.04. The van der Waals surface area contributed by atoms with Gasteiger partial charge in [0, 0.05) is 0 Å². The molecule has 0 atom stereocenters. The molecule has 0 N–H and O–H groups in total. The SMILES string of the molecule is [CH2-]N1CCC(CCN(CC)CC)CC1. The van der Waals surface area contributed by atoms with Crippen molar-refractivity contribution in [2.45, 2.75) is 33.1 Å². The normalized spacial score (nSPS) is 20.6. The van der Waals surface area contributed by atoms with Crippen molar-refractivity contribution in [3.63, 3.8) is 0 Å². The van der Waals surface area contributed by atoms with E-state index in [0.717, 1.165) is 5.92 Å². The molecule has 84 valence electrons. The van der Waals surface area contributed by atoms with Crippen LogP contribution in [-0.4, -0.2) is 42.5 Å². The van der Waals surface area contributed by atoms with E-state index >= 15 is 0 Å². The largest absolute Gasteiger partial charge is 0.459 e. The van der Waals surface area contributed by atoms with Gasteiger partial charge in [0.25, 0.3) is 0 Å². The minimum absolute atomic E-state index is 0.952. The molecule has 2 heteroatoms. The zero-order valence-electron chi connectivity index (χ0n) is 9.84. The van der Waals surface area contributed by atoms with E-state index in [1.165, 1.54) is 52.0 Å². The first-order valence-electron chi connectivity index (χ1n) is 6.04. The van der Waals surface area contributed by atoms with Gasteiger partial charge in [-0.25, -0.2) is 0 Å². The Labute approximate surface area is 89.3 Å². The van der Waals surface area contributed by atoms with E-state index in [1.807, 2.05) is 0 Å².